The molecule has 0 spiro atoms. The first-order chi connectivity index (χ1) is 9.85. The van der Waals surface area contributed by atoms with Gasteiger partial charge in [0, 0.05) is 18.0 Å². The van der Waals surface area contributed by atoms with Gasteiger partial charge < -0.3 is 4.74 Å². The summed E-state index contributed by atoms with van der Waals surface area (Å²) in [7, 11) is 0. The van der Waals surface area contributed by atoms with E-state index in [9.17, 15) is 0 Å². The number of benzene rings is 1. The van der Waals surface area contributed by atoms with Crippen LogP contribution in [-0.2, 0) is 6.42 Å². The molecule has 1 heterocycles. The molecular weight excluding hydrogens is 250 g/mol. The normalized spacial score (nSPS) is 12.1. The third kappa shape index (κ3) is 3.79. The van der Waals surface area contributed by atoms with E-state index in [2.05, 4.69) is 17.3 Å². The van der Waals surface area contributed by atoms with Crippen molar-refractivity contribution in [3.05, 3.63) is 59.9 Å². The van der Waals surface area contributed by atoms with Crippen LogP contribution in [0.25, 0.3) is 0 Å². The van der Waals surface area contributed by atoms with Crippen LogP contribution in [0.2, 0.25) is 0 Å². The molecule has 0 aliphatic rings. The lowest BCUT2D eigenvalue weighted by Crippen LogP contribution is -2.30. The molecule has 0 saturated carbocycles. The van der Waals surface area contributed by atoms with Gasteiger partial charge in [-0.2, -0.15) is 0 Å². The Morgan fingerprint density at radius 2 is 2.10 bits per heavy atom. The maximum absolute atomic E-state index is 5.80. The largest absolute Gasteiger partial charge is 0.493 e. The minimum absolute atomic E-state index is 0.00672. The number of hydrogen-bond acceptors (Lipinski definition) is 4. The molecule has 3 N–H and O–H groups in total. The van der Waals surface area contributed by atoms with E-state index in [4.69, 9.17) is 10.6 Å². The van der Waals surface area contributed by atoms with Gasteiger partial charge in [0.15, 0.2) is 0 Å². The van der Waals surface area contributed by atoms with Gasteiger partial charge in [0.25, 0.3) is 0 Å². The minimum Gasteiger partial charge on any atom is -0.493 e. The number of para-hydroxylation sites is 1. The van der Waals surface area contributed by atoms with E-state index in [-0.39, 0.29) is 6.04 Å². The first-order valence-electron chi connectivity index (χ1n) is 6.92. The zero-order valence-electron chi connectivity index (χ0n) is 11.8. The Kier molecular flexibility index (Phi) is 5.53. The molecule has 106 valence electrons. The fourth-order valence-electron chi connectivity index (χ4n) is 2.13. The lowest BCUT2D eigenvalue weighted by Gasteiger charge is -2.19. The molecule has 1 aromatic carbocycles. The van der Waals surface area contributed by atoms with Gasteiger partial charge in [-0.15, -0.1) is 0 Å². The molecule has 2 aromatic rings. The highest BCUT2D eigenvalue weighted by Crippen LogP contribution is 2.27. The zero-order chi connectivity index (χ0) is 14.2. The molecule has 0 aliphatic heterocycles. The van der Waals surface area contributed by atoms with Crippen LogP contribution in [0.15, 0.2) is 48.8 Å². The number of pyridine rings is 1. The molecule has 4 nitrogen and oxygen atoms in total. The summed E-state index contributed by atoms with van der Waals surface area (Å²) >= 11 is 0. The number of hydrazine groups is 1. The highest BCUT2D eigenvalue weighted by Gasteiger charge is 2.15. The van der Waals surface area contributed by atoms with E-state index in [1.807, 2.05) is 42.6 Å². The molecule has 2 rings (SSSR count). The van der Waals surface area contributed by atoms with Gasteiger partial charge >= 0.3 is 0 Å². The highest BCUT2D eigenvalue weighted by atomic mass is 16.5. The fraction of sp³-hybridized carbons (Fsp3) is 0.312. The van der Waals surface area contributed by atoms with Crippen molar-refractivity contribution >= 4 is 0 Å². The van der Waals surface area contributed by atoms with E-state index in [0.717, 1.165) is 29.7 Å². The molecular formula is C16H21N3O. The summed E-state index contributed by atoms with van der Waals surface area (Å²) in [5, 5.41) is 0. The molecule has 1 unspecified atom stereocenters. The number of hydrogen-bond donors (Lipinski definition) is 2. The summed E-state index contributed by atoms with van der Waals surface area (Å²) in [4.78, 5) is 4.14. The topological polar surface area (TPSA) is 60.2 Å². The Balaban J connectivity index is 2.18. The molecule has 0 amide bonds. The summed E-state index contributed by atoms with van der Waals surface area (Å²) in [5.74, 6) is 6.61. The smallest absolute Gasteiger partial charge is 0.124 e. The molecule has 20 heavy (non-hydrogen) atoms. The van der Waals surface area contributed by atoms with Crippen molar-refractivity contribution in [1.82, 2.24) is 10.4 Å². The average Bonchev–Trinajstić information content (AvgIpc) is 2.52. The standard InChI is InChI=1S/C16H21N3O/c1-2-10-20-16-8-4-3-7-14(16)15(19-17)11-13-6-5-9-18-12-13/h3-9,12,15,19H,2,10-11,17H2,1H3. The maximum Gasteiger partial charge on any atom is 0.124 e. The van der Waals surface area contributed by atoms with Crippen molar-refractivity contribution in [2.75, 3.05) is 6.61 Å². The number of aromatic nitrogens is 1. The van der Waals surface area contributed by atoms with Crippen molar-refractivity contribution in [3.63, 3.8) is 0 Å². The van der Waals surface area contributed by atoms with Crippen LogP contribution >= 0.6 is 0 Å². The summed E-state index contributed by atoms with van der Waals surface area (Å²) in [6.45, 7) is 2.80. The first kappa shape index (κ1) is 14.5. The Hall–Kier alpha value is -1.91. The van der Waals surface area contributed by atoms with Gasteiger partial charge in [-0.1, -0.05) is 31.2 Å². The number of nitrogens with one attached hydrogen (secondary N) is 1. The average molecular weight is 271 g/mol. The van der Waals surface area contributed by atoms with Crippen LogP contribution in [-0.4, -0.2) is 11.6 Å². The van der Waals surface area contributed by atoms with Gasteiger partial charge in [0.1, 0.15) is 5.75 Å². The zero-order valence-corrected chi connectivity index (χ0v) is 11.8. The van der Waals surface area contributed by atoms with E-state index >= 15 is 0 Å². The Labute approximate surface area is 120 Å². The van der Waals surface area contributed by atoms with Crippen molar-refractivity contribution in [2.45, 2.75) is 25.8 Å². The van der Waals surface area contributed by atoms with Crippen LogP contribution in [0.4, 0.5) is 0 Å². The van der Waals surface area contributed by atoms with Gasteiger partial charge in [-0.25, -0.2) is 0 Å². The Morgan fingerprint density at radius 1 is 1.25 bits per heavy atom. The molecule has 0 radical (unpaired) electrons. The molecule has 0 bridgehead atoms. The lowest BCUT2D eigenvalue weighted by molar-refractivity contribution is 0.310. The number of nitrogens with two attached hydrogens (primary N) is 1. The van der Waals surface area contributed by atoms with Crippen LogP contribution in [0, 0.1) is 0 Å². The SMILES string of the molecule is CCCOc1ccccc1C(Cc1cccnc1)NN. The Bertz CT molecular complexity index is 516. The molecule has 1 atom stereocenters. The monoisotopic (exact) mass is 271 g/mol. The third-order valence-electron chi connectivity index (χ3n) is 3.12. The van der Waals surface area contributed by atoms with Gasteiger partial charge in [-0.05, 0) is 30.5 Å². The second-order valence-corrected chi connectivity index (χ2v) is 4.67. The van der Waals surface area contributed by atoms with Gasteiger partial charge in [0.2, 0.25) is 0 Å². The molecule has 0 saturated heterocycles. The van der Waals surface area contributed by atoms with E-state index in [0.29, 0.717) is 6.61 Å². The summed E-state index contributed by atoms with van der Waals surface area (Å²) in [6, 6.07) is 12.0. The molecule has 1 aromatic heterocycles. The quantitative estimate of drug-likeness (QED) is 0.600. The van der Waals surface area contributed by atoms with Crippen LogP contribution < -0.4 is 16.0 Å². The predicted molar refractivity (Wildman–Crippen MR) is 80.2 cm³/mol. The lowest BCUT2D eigenvalue weighted by atomic mass is 9.99. The van der Waals surface area contributed by atoms with Crippen LogP contribution in [0.3, 0.4) is 0 Å². The van der Waals surface area contributed by atoms with Gasteiger partial charge in [-0.3, -0.25) is 16.3 Å². The van der Waals surface area contributed by atoms with Crippen molar-refractivity contribution < 1.29 is 4.74 Å². The predicted octanol–water partition coefficient (Wildman–Crippen LogP) is 2.62. The highest BCUT2D eigenvalue weighted by molar-refractivity contribution is 5.36. The summed E-state index contributed by atoms with van der Waals surface area (Å²) in [6.07, 6.45) is 5.39. The molecule has 0 aliphatic carbocycles. The Morgan fingerprint density at radius 3 is 2.80 bits per heavy atom. The van der Waals surface area contributed by atoms with E-state index in [1.165, 1.54) is 0 Å². The molecule has 0 fully saturated rings. The van der Waals surface area contributed by atoms with E-state index in [1.54, 1.807) is 6.20 Å². The third-order valence-corrected chi connectivity index (χ3v) is 3.12. The fourth-order valence-corrected chi connectivity index (χ4v) is 2.13. The summed E-state index contributed by atoms with van der Waals surface area (Å²) < 4.78 is 5.80. The maximum atomic E-state index is 5.80. The van der Waals surface area contributed by atoms with Crippen molar-refractivity contribution in [1.29, 1.82) is 0 Å². The number of ether oxygens (including phenoxy) is 1. The number of nitrogens with zero attached hydrogens (tertiary/aromatic N) is 1. The molecule has 4 heteroatoms. The van der Waals surface area contributed by atoms with E-state index < -0.39 is 0 Å². The second-order valence-electron chi connectivity index (χ2n) is 4.67. The van der Waals surface area contributed by atoms with Gasteiger partial charge in [0.05, 0.1) is 12.6 Å². The number of rotatable bonds is 7. The summed E-state index contributed by atoms with van der Waals surface area (Å²) in [5.41, 5.74) is 5.09. The van der Waals surface area contributed by atoms with Crippen molar-refractivity contribution in [2.24, 2.45) is 5.84 Å². The van der Waals surface area contributed by atoms with Crippen LogP contribution in [0.5, 0.6) is 5.75 Å². The van der Waals surface area contributed by atoms with Crippen molar-refractivity contribution in [3.8, 4) is 5.75 Å². The first-order valence-corrected chi connectivity index (χ1v) is 6.92. The van der Waals surface area contributed by atoms with Crippen LogP contribution in [0.1, 0.15) is 30.5 Å². The second kappa shape index (κ2) is 7.62. The minimum atomic E-state index is 0.00672.